The lowest BCUT2D eigenvalue weighted by Gasteiger charge is -2.21. The summed E-state index contributed by atoms with van der Waals surface area (Å²) in [5, 5.41) is 14.8. The zero-order valence-corrected chi connectivity index (χ0v) is 22.8. The number of aromatic carboxylic acids is 1. The number of aryl methyl sites for hydroxylation is 1. The molecule has 0 atom stereocenters. The number of hydrogen-bond donors (Lipinski definition) is 1. The van der Waals surface area contributed by atoms with Crippen molar-refractivity contribution in [2.75, 3.05) is 11.9 Å². The lowest BCUT2D eigenvalue weighted by atomic mass is 10.0. The highest BCUT2D eigenvalue weighted by atomic mass is 35.5. The average Bonchev–Trinajstić information content (AvgIpc) is 3.45. The molecule has 0 bridgehead atoms. The highest BCUT2D eigenvalue weighted by Gasteiger charge is 2.19. The van der Waals surface area contributed by atoms with Crippen LogP contribution in [0.3, 0.4) is 0 Å². The normalized spacial score (nSPS) is 11.2. The lowest BCUT2D eigenvalue weighted by Crippen LogP contribution is -2.16. The van der Waals surface area contributed by atoms with Gasteiger partial charge >= 0.3 is 5.97 Å². The Bertz CT molecular complexity index is 1380. The summed E-state index contributed by atoms with van der Waals surface area (Å²) in [7, 11) is 1.99. The van der Waals surface area contributed by atoms with E-state index in [0.717, 1.165) is 33.1 Å². The molecule has 0 saturated carbocycles. The van der Waals surface area contributed by atoms with Crippen LogP contribution in [0.25, 0.3) is 5.69 Å². The van der Waals surface area contributed by atoms with Crippen molar-refractivity contribution in [3.8, 4) is 11.4 Å². The van der Waals surface area contributed by atoms with Crippen molar-refractivity contribution >= 4 is 46.2 Å². The Morgan fingerprint density at radius 3 is 2.50 bits per heavy atom. The Kier molecular flexibility index (Phi) is 7.93. The molecule has 0 amide bonds. The van der Waals surface area contributed by atoms with Crippen molar-refractivity contribution < 1.29 is 14.6 Å². The molecule has 188 valence electrons. The van der Waals surface area contributed by atoms with Gasteiger partial charge in [0.25, 0.3) is 0 Å². The van der Waals surface area contributed by atoms with Gasteiger partial charge in [-0.1, -0.05) is 43.1 Å². The van der Waals surface area contributed by atoms with Gasteiger partial charge < -0.3 is 14.7 Å². The molecule has 2 aromatic heterocycles. The van der Waals surface area contributed by atoms with Crippen molar-refractivity contribution in [2.24, 2.45) is 0 Å². The summed E-state index contributed by atoms with van der Waals surface area (Å²) in [6.07, 6.45) is 1.84. The summed E-state index contributed by atoms with van der Waals surface area (Å²) in [5.74, 6) is 0.0854. The monoisotopic (exact) mass is 543 g/mol. The van der Waals surface area contributed by atoms with E-state index in [-0.39, 0.29) is 5.92 Å². The smallest absolute Gasteiger partial charge is 0.345 e. The van der Waals surface area contributed by atoms with Gasteiger partial charge in [-0.3, -0.25) is 0 Å². The van der Waals surface area contributed by atoms with Crippen molar-refractivity contribution in [1.82, 2.24) is 9.78 Å². The van der Waals surface area contributed by atoms with Crippen LogP contribution in [0.4, 0.5) is 5.69 Å². The first-order valence-electron chi connectivity index (χ1n) is 11.4. The maximum Gasteiger partial charge on any atom is 0.345 e. The van der Waals surface area contributed by atoms with Crippen LogP contribution in [0.2, 0.25) is 10.0 Å². The molecule has 0 radical (unpaired) electrons. The van der Waals surface area contributed by atoms with Crippen molar-refractivity contribution in [3.63, 3.8) is 0 Å². The second-order valence-electron chi connectivity index (χ2n) is 8.85. The Morgan fingerprint density at radius 2 is 1.89 bits per heavy atom. The average molecular weight is 545 g/mol. The van der Waals surface area contributed by atoms with Gasteiger partial charge in [-0.2, -0.15) is 5.10 Å². The molecule has 0 aliphatic carbocycles. The van der Waals surface area contributed by atoms with Gasteiger partial charge in [-0.15, -0.1) is 11.3 Å². The van der Waals surface area contributed by atoms with Crippen LogP contribution in [-0.2, 0) is 13.2 Å². The van der Waals surface area contributed by atoms with E-state index in [2.05, 4.69) is 23.8 Å². The molecule has 0 fully saturated rings. The highest BCUT2D eigenvalue weighted by molar-refractivity contribution is 7.13. The van der Waals surface area contributed by atoms with Gasteiger partial charge in [0, 0.05) is 17.6 Å². The maximum atomic E-state index is 11.2. The van der Waals surface area contributed by atoms with Crippen molar-refractivity contribution in [3.05, 3.63) is 91.3 Å². The fraction of sp³-hybridized carbons (Fsp3) is 0.259. The summed E-state index contributed by atoms with van der Waals surface area (Å²) >= 11 is 14.2. The summed E-state index contributed by atoms with van der Waals surface area (Å²) in [5.41, 5.74) is 4.70. The molecule has 4 aromatic rings. The number of nitrogens with zero attached hydrogens (tertiary/aromatic N) is 3. The van der Waals surface area contributed by atoms with Crippen LogP contribution in [0, 0.1) is 6.92 Å². The molecule has 9 heteroatoms. The summed E-state index contributed by atoms with van der Waals surface area (Å²) in [6.45, 7) is 7.18. The molecule has 2 heterocycles. The van der Waals surface area contributed by atoms with E-state index < -0.39 is 5.97 Å². The molecule has 0 spiro atoms. The van der Waals surface area contributed by atoms with Gasteiger partial charge in [0.1, 0.15) is 22.9 Å². The zero-order valence-electron chi connectivity index (χ0n) is 20.5. The SMILES string of the molecule is Cc1cc(OCc2c(C(C)C)cnn2-c2c(Cl)cccc2Cl)ccc1N(C)Cc1ccc(C(=O)O)s1. The molecule has 0 aliphatic rings. The van der Waals surface area contributed by atoms with Crippen LogP contribution in [0.1, 0.15) is 51.1 Å². The Balaban J connectivity index is 1.53. The first-order valence-corrected chi connectivity index (χ1v) is 13.0. The minimum absolute atomic E-state index is 0.246. The predicted octanol–water partition coefficient (Wildman–Crippen LogP) is 7.59. The predicted molar refractivity (Wildman–Crippen MR) is 147 cm³/mol. The maximum absolute atomic E-state index is 11.2. The van der Waals surface area contributed by atoms with E-state index in [4.69, 9.17) is 33.0 Å². The van der Waals surface area contributed by atoms with Gasteiger partial charge in [0.2, 0.25) is 0 Å². The first-order chi connectivity index (χ1) is 17.2. The number of aromatic nitrogens is 2. The number of para-hydroxylation sites is 1. The number of anilines is 1. The van der Waals surface area contributed by atoms with Crippen LogP contribution >= 0.6 is 34.5 Å². The van der Waals surface area contributed by atoms with E-state index >= 15 is 0 Å². The van der Waals surface area contributed by atoms with E-state index in [1.54, 1.807) is 22.9 Å². The van der Waals surface area contributed by atoms with Crippen molar-refractivity contribution in [2.45, 2.75) is 39.8 Å². The van der Waals surface area contributed by atoms with Crippen LogP contribution in [0.5, 0.6) is 5.75 Å². The molecule has 36 heavy (non-hydrogen) atoms. The molecule has 1 N–H and O–H groups in total. The highest BCUT2D eigenvalue weighted by Crippen LogP contribution is 2.33. The zero-order chi connectivity index (χ0) is 26.0. The lowest BCUT2D eigenvalue weighted by molar-refractivity contribution is 0.0702. The minimum Gasteiger partial charge on any atom is -0.487 e. The molecular weight excluding hydrogens is 517 g/mol. The fourth-order valence-corrected chi connectivity index (χ4v) is 5.55. The van der Waals surface area contributed by atoms with Crippen molar-refractivity contribution in [1.29, 1.82) is 0 Å². The van der Waals surface area contributed by atoms with Gasteiger partial charge in [-0.25, -0.2) is 9.48 Å². The summed E-state index contributed by atoms with van der Waals surface area (Å²) < 4.78 is 7.98. The van der Waals surface area contributed by atoms with E-state index in [9.17, 15) is 4.79 Å². The number of ether oxygens (including phenoxy) is 1. The number of hydrogen-bond acceptors (Lipinski definition) is 5. The molecule has 0 unspecified atom stereocenters. The number of halogens is 2. The van der Waals surface area contributed by atoms with E-state index in [1.807, 2.05) is 50.5 Å². The third-order valence-electron chi connectivity index (χ3n) is 5.89. The molecule has 4 rings (SSSR count). The number of carboxylic acids is 1. The number of carbonyl (C=O) groups is 1. The van der Waals surface area contributed by atoms with Gasteiger partial charge in [0.15, 0.2) is 0 Å². The number of rotatable bonds is 9. The van der Waals surface area contributed by atoms with Gasteiger partial charge in [-0.05, 0) is 66.4 Å². The number of thiophene rings is 1. The standard InChI is InChI=1S/C27H27Cl2N3O3S/c1-16(2)20-13-30-32(26-21(28)6-5-7-22(26)29)24(20)15-35-18-8-10-23(17(3)12-18)31(4)14-19-9-11-25(36-19)27(33)34/h5-13,16H,14-15H2,1-4H3,(H,33,34). The van der Waals surface area contributed by atoms with Crippen LogP contribution in [0.15, 0.2) is 54.7 Å². The van der Waals surface area contributed by atoms with Gasteiger partial charge in [0.05, 0.1) is 28.5 Å². The first kappa shape index (κ1) is 26.1. The topological polar surface area (TPSA) is 67.6 Å². The number of carboxylic acid groups (broad SMARTS) is 1. The quantitative estimate of drug-likeness (QED) is 0.235. The molecule has 0 saturated heterocycles. The van der Waals surface area contributed by atoms with E-state index in [0.29, 0.717) is 33.8 Å². The molecular formula is C27H27Cl2N3O3S. The Labute approximate surface area is 224 Å². The summed E-state index contributed by atoms with van der Waals surface area (Å²) in [6, 6.07) is 14.9. The molecule has 6 nitrogen and oxygen atoms in total. The second-order valence-corrected chi connectivity index (χ2v) is 10.8. The third-order valence-corrected chi connectivity index (χ3v) is 7.56. The third kappa shape index (κ3) is 5.53. The second kappa shape index (κ2) is 10.9. The van der Waals surface area contributed by atoms with E-state index in [1.165, 1.54) is 11.3 Å². The van der Waals surface area contributed by atoms with Crippen LogP contribution in [-0.4, -0.2) is 27.9 Å². The molecule has 0 aliphatic heterocycles. The Morgan fingerprint density at radius 1 is 1.17 bits per heavy atom. The summed E-state index contributed by atoms with van der Waals surface area (Å²) in [4.78, 5) is 14.6. The fourth-order valence-electron chi connectivity index (χ4n) is 4.09. The minimum atomic E-state index is -0.898. The van der Waals surface area contributed by atoms with Crippen LogP contribution < -0.4 is 9.64 Å². The molecule has 2 aromatic carbocycles. The Hall–Kier alpha value is -3.00. The number of benzene rings is 2. The largest absolute Gasteiger partial charge is 0.487 e.